The number of hydrogen-bond donors (Lipinski definition) is 1. The standard InChI is InChI=1S/C13H12N4OS/c1-9-8-19-13(14-9)17-12(11(7-18)15-16-17)10-5-3-2-4-6-10/h2-6,8,18H,7H2,1H3. The lowest BCUT2D eigenvalue weighted by Gasteiger charge is -2.04. The van der Waals surface area contributed by atoms with Crippen LogP contribution in [0.5, 0.6) is 0 Å². The molecule has 0 amide bonds. The maximum atomic E-state index is 9.41. The van der Waals surface area contributed by atoms with Gasteiger partial charge in [0, 0.05) is 10.9 Å². The summed E-state index contributed by atoms with van der Waals surface area (Å²) < 4.78 is 1.68. The van der Waals surface area contributed by atoms with Gasteiger partial charge in [-0.05, 0) is 6.92 Å². The van der Waals surface area contributed by atoms with Crippen molar-refractivity contribution >= 4 is 11.3 Å². The number of nitrogens with zero attached hydrogens (tertiary/aromatic N) is 4. The summed E-state index contributed by atoms with van der Waals surface area (Å²) in [6, 6.07) is 9.77. The van der Waals surface area contributed by atoms with Crippen molar-refractivity contribution in [2.45, 2.75) is 13.5 Å². The number of benzene rings is 1. The normalized spacial score (nSPS) is 10.8. The zero-order valence-corrected chi connectivity index (χ0v) is 11.1. The second kappa shape index (κ2) is 4.91. The predicted molar refractivity (Wildman–Crippen MR) is 73.1 cm³/mol. The Hall–Kier alpha value is -2.05. The Bertz CT molecular complexity index is 690. The van der Waals surface area contributed by atoms with E-state index in [0.717, 1.165) is 22.1 Å². The van der Waals surface area contributed by atoms with Crippen LogP contribution in [0.4, 0.5) is 0 Å². The molecule has 96 valence electrons. The number of aryl methyl sites for hydroxylation is 1. The molecule has 2 heterocycles. The van der Waals surface area contributed by atoms with Gasteiger partial charge in [0.25, 0.3) is 0 Å². The van der Waals surface area contributed by atoms with Crippen LogP contribution in [-0.2, 0) is 6.61 Å². The Morgan fingerprint density at radius 1 is 1.26 bits per heavy atom. The van der Waals surface area contributed by atoms with Crippen molar-refractivity contribution in [3.05, 3.63) is 47.1 Å². The second-order valence-corrected chi connectivity index (χ2v) is 4.93. The van der Waals surface area contributed by atoms with Crippen LogP contribution < -0.4 is 0 Å². The number of aliphatic hydroxyl groups excluding tert-OH is 1. The van der Waals surface area contributed by atoms with Crippen LogP contribution in [0.25, 0.3) is 16.4 Å². The minimum absolute atomic E-state index is 0.144. The number of aliphatic hydroxyl groups is 1. The molecule has 1 N–H and O–H groups in total. The Morgan fingerprint density at radius 3 is 2.68 bits per heavy atom. The van der Waals surface area contributed by atoms with E-state index in [9.17, 15) is 5.11 Å². The summed E-state index contributed by atoms with van der Waals surface area (Å²) in [6.07, 6.45) is 0. The van der Waals surface area contributed by atoms with Crippen LogP contribution in [0.1, 0.15) is 11.4 Å². The molecule has 0 fully saturated rings. The fourth-order valence-electron chi connectivity index (χ4n) is 1.88. The van der Waals surface area contributed by atoms with Crippen LogP contribution in [0.15, 0.2) is 35.7 Å². The maximum Gasteiger partial charge on any atom is 0.212 e. The van der Waals surface area contributed by atoms with Crippen molar-refractivity contribution in [3.63, 3.8) is 0 Å². The van der Waals surface area contributed by atoms with Crippen LogP contribution in [0.2, 0.25) is 0 Å². The van der Waals surface area contributed by atoms with Gasteiger partial charge in [0.15, 0.2) is 0 Å². The van der Waals surface area contributed by atoms with Crippen LogP contribution in [0, 0.1) is 6.92 Å². The summed E-state index contributed by atoms with van der Waals surface area (Å²) in [5.74, 6) is 0. The molecule has 0 aliphatic heterocycles. The van der Waals surface area contributed by atoms with Crippen molar-refractivity contribution in [1.82, 2.24) is 20.0 Å². The topological polar surface area (TPSA) is 63.8 Å². The van der Waals surface area contributed by atoms with Crippen LogP contribution in [-0.4, -0.2) is 25.1 Å². The highest BCUT2D eigenvalue weighted by Crippen LogP contribution is 2.26. The predicted octanol–water partition coefficient (Wildman–Crippen LogP) is 2.19. The molecule has 2 aromatic heterocycles. The molecule has 0 unspecified atom stereocenters. The van der Waals surface area contributed by atoms with Gasteiger partial charge in [0.2, 0.25) is 5.13 Å². The molecule has 0 aliphatic carbocycles. The third-order valence-electron chi connectivity index (χ3n) is 2.73. The minimum Gasteiger partial charge on any atom is -0.390 e. The summed E-state index contributed by atoms with van der Waals surface area (Å²) >= 11 is 1.50. The first kappa shape index (κ1) is 12.0. The second-order valence-electron chi connectivity index (χ2n) is 4.09. The maximum absolute atomic E-state index is 9.41. The van der Waals surface area contributed by atoms with Gasteiger partial charge in [-0.2, -0.15) is 4.68 Å². The number of rotatable bonds is 3. The molecular formula is C13H12N4OS. The van der Waals surface area contributed by atoms with E-state index in [2.05, 4.69) is 15.3 Å². The van der Waals surface area contributed by atoms with Crippen molar-refractivity contribution in [1.29, 1.82) is 0 Å². The minimum atomic E-state index is -0.144. The van der Waals surface area contributed by atoms with Crippen molar-refractivity contribution in [2.24, 2.45) is 0 Å². The quantitative estimate of drug-likeness (QED) is 0.794. The summed E-state index contributed by atoms with van der Waals surface area (Å²) in [4.78, 5) is 4.41. The van der Waals surface area contributed by atoms with Crippen molar-refractivity contribution < 1.29 is 5.11 Å². The average Bonchev–Trinajstić information content (AvgIpc) is 3.05. The lowest BCUT2D eigenvalue weighted by molar-refractivity contribution is 0.277. The zero-order valence-electron chi connectivity index (χ0n) is 10.3. The molecule has 1 aromatic carbocycles. The first-order valence-corrected chi connectivity index (χ1v) is 6.71. The van der Waals surface area contributed by atoms with Gasteiger partial charge in [0.1, 0.15) is 11.4 Å². The van der Waals surface area contributed by atoms with Crippen molar-refractivity contribution in [3.8, 4) is 16.4 Å². The molecule has 19 heavy (non-hydrogen) atoms. The lowest BCUT2D eigenvalue weighted by Crippen LogP contribution is -1.99. The fraction of sp³-hybridized carbons (Fsp3) is 0.154. The molecule has 3 aromatic rings. The smallest absolute Gasteiger partial charge is 0.212 e. The molecular weight excluding hydrogens is 260 g/mol. The fourth-order valence-corrected chi connectivity index (χ4v) is 2.63. The van der Waals surface area contributed by atoms with E-state index in [1.54, 1.807) is 4.68 Å². The number of thiazole rings is 1. The van der Waals surface area contributed by atoms with E-state index in [0.29, 0.717) is 5.69 Å². The highest BCUT2D eigenvalue weighted by atomic mass is 32.1. The van der Waals surface area contributed by atoms with Crippen LogP contribution in [0.3, 0.4) is 0 Å². The first-order chi connectivity index (χ1) is 9.29. The Kier molecular flexibility index (Phi) is 3.10. The van der Waals surface area contributed by atoms with Gasteiger partial charge in [-0.3, -0.25) is 0 Å². The molecule has 0 saturated carbocycles. The molecule has 0 saturated heterocycles. The van der Waals surface area contributed by atoms with Crippen molar-refractivity contribution in [2.75, 3.05) is 0 Å². The van der Waals surface area contributed by atoms with E-state index >= 15 is 0 Å². The Morgan fingerprint density at radius 2 is 2.05 bits per heavy atom. The van der Waals surface area contributed by atoms with Gasteiger partial charge in [-0.25, -0.2) is 4.98 Å². The van der Waals surface area contributed by atoms with Gasteiger partial charge in [-0.15, -0.1) is 16.4 Å². The zero-order chi connectivity index (χ0) is 13.2. The van der Waals surface area contributed by atoms with E-state index in [1.807, 2.05) is 42.6 Å². The monoisotopic (exact) mass is 272 g/mol. The SMILES string of the molecule is Cc1csc(-n2nnc(CO)c2-c2ccccc2)n1. The lowest BCUT2D eigenvalue weighted by atomic mass is 10.1. The van der Waals surface area contributed by atoms with Gasteiger partial charge >= 0.3 is 0 Å². The molecule has 5 nitrogen and oxygen atoms in total. The molecule has 0 spiro atoms. The molecule has 6 heteroatoms. The van der Waals surface area contributed by atoms with E-state index in [-0.39, 0.29) is 6.61 Å². The van der Waals surface area contributed by atoms with E-state index in [4.69, 9.17) is 0 Å². The van der Waals surface area contributed by atoms with Gasteiger partial charge in [-0.1, -0.05) is 35.5 Å². The van der Waals surface area contributed by atoms with Gasteiger partial charge < -0.3 is 5.11 Å². The largest absolute Gasteiger partial charge is 0.390 e. The molecule has 0 bridgehead atoms. The Labute approximate surface area is 114 Å². The molecule has 0 aliphatic rings. The number of aromatic nitrogens is 4. The van der Waals surface area contributed by atoms with Crippen LogP contribution >= 0.6 is 11.3 Å². The summed E-state index contributed by atoms with van der Waals surface area (Å²) in [6.45, 7) is 1.79. The third-order valence-corrected chi connectivity index (χ3v) is 3.66. The first-order valence-electron chi connectivity index (χ1n) is 5.83. The summed E-state index contributed by atoms with van der Waals surface area (Å²) in [7, 11) is 0. The number of hydrogen-bond acceptors (Lipinski definition) is 5. The molecule has 0 radical (unpaired) electrons. The average molecular weight is 272 g/mol. The Balaban J connectivity index is 2.19. The van der Waals surface area contributed by atoms with E-state index < -0.39 is 0 Å². The highest BCUT2D eigenvalue weighted by Gasteiger charge is 2.17. The van der Waals surface area contributed by atoms with E-state index in [1.165, 1.54) is 11.3 Å². The summed E-state index contributed by atoms with van der Waals surface area (Å²) in [5.41, 5.74) is 3.25. The highest BCUT2D eigenvalue weighted by molar-refractivity contribution is 7.12. The van der Waals surface area contributed by atoms with Gasteiger partial charge in [0.05, 0.1) is 12.3 Å². The molecule has 3 rings (SSSR count). The summed E-state index contributed by atoms with van der Waals surface area (Å²) in [5, 5.41) is 20.3. The third kappa shape index (κ3) is 2.16. The molecule has 0 atom stereocenters.